The fourth-order valence-corrected chi connectivity index (χ4v) is 2.77. The number of carbonyl (C=O) groups is 2. The Labute approximate surface area is 147 Å². The molecule has 0 aliphatic carbocycles. The van der Waals surface area contributed by atoms with E-state index in [-0.39, 0.29) is 12.5 Å². The van der Waals surface area contributed by atoms with Crippen molar-refractivity contribution in [3.63, 3.8) is 0 Å². The van der Waals surface area contributed by atoms with Crippen molar-refractivity contribution < 1.29 is 19.1 Å². The lowest BCUT2D eigenvalue weighted by molar-refractivity contribution is -0.142. The quantitative estimate of drug-likeness (QED) is 0.634. The van der Waals surface area contributed by atoms with E-state index in [1.54, 1.807) is 24.3 Å². The van der Waals surface area contributed by atoms with Gasteiger partial charge in [0.1, 0.15) is 11.5 Å². The molecule has 3 rings (SSSR count). The highest BCUT2D eigenvalue weighted by Gasteiger charge is 2.33. The molecule has 0 radical (unpaired) electrons. The Morgan fingerprint density at radius 3 is 2.64 bits per heavy atom. The second-order valence-corrected chi connectivity index (χ2v) is 6.35. The molecule has 0 spiro atoms. The lowest BCUT2D eigenvalue weighted by Crippen LogP contribution is -2.47. The van der Waals surface area contributed by atoms with Gasteiger partial charge >= 0.3 is 5.97 Å². The molecule has 1 amide bonds. The number of hydrogen-bond donors (Lipinski definition) is 0. The summed E-state index contributed by atoms with van der Waals surface area (Å²) in [5.74, 6) is 0.663. The first-order valence-corrected chi connectivity index (χ1v) is 8.31. The van der Waals surface area contributed by atoms with Crippen molar-refractivity contribution in [2.45, 2.75) is 32.8 Å². The molecule has 0 bridgehead atoms. The van der Waals surface area contributed by atoms with E-state index in [4.69, 9.17) is 9.47 Å². The van der Waals surface area contributed by atoms with Crippen LogP contribution in [-0.2, 0) is 9.59 Å². The molecule has 5 heteroatoms. The van der Waals surface area contributed by atoms with E-state index in [0.29, 0.717) is 23.1 Å². The van der Waals surface area contributed by atoms with E-state index < -0.39 is 12.1 Å². The highest BCUT2D eigenvalue weighted by Crippen LogP contribution is 2.33. The monoisotopic (exact) mass is 339 g/mol. The van der Waals surface area contributed by atoms with Crippen LogP contribution >= 0.6 is 0 Å². The standard InChI is InChI=1S/C20H21NO4/c1-13(2)15-7-6-8-16(11-15)24-20(23)19-12-21(14(3)22)17-9-4-5-10-18(17)25-19/h4-11,13,19H,12H2,1-3H3/t19-/m0/s1. The molecule has 1 aliphatic heterocycles. The zero-order valence-corrected chi connectivity index (χ0v) is 14.6. The number of ether oxygens (including phenoxy) is 2. The van der Waals surface area contributed by atoms with E-state index in [1.165, 1.54) is 11.8 Å². The van der Waals surface area contributed by atoms with Crippen LogP contribution in [-0.4, -0.2) is 24.5 Å². The Bertz CT molecular complexity index is 800. The van der Waals surface area contributed by atoms with Crippen molar-refractivity contribution in [1.29, 1.82) is 0 Å². The number of nitrogens with zero attached hydrogens (tertiary/aromatic N) is 1. The number of carbonyl (C=O) groups excluding carboxylic acids is 2. The number of para-hydroxylation sites is 2. The summed E-state index contributed by atoms with van der Waals surface area (Å²) in [4.78, 5) is 26.0. The predicted molar refractivity (Wildman–Crippen MR) is 95.1 cm³/mol. The minimum absolute atomic E-state index is 0.134. The van der Waals surface area contributed by atoms with Crippen LogP contribution in [0.2, 0.25) is 0 Å². The van der Waals surface area contributed by atoms with Crippen LogP contribution in [0.25, 0.3) is 0 Å². The van der Waals surface area contributed by atoms with E-state index in [9.17, 15) is 9.59 Å². The van der Waals surface area contributed by atoms with Crippen molar-refractivity contribution in [2.24, 2.45) is 0 Å². The lowest BCUT2D eigenvalue weighted by atomic mass is 10.0. The maximum atomic E-state index is 12.5. The van der Waals surface area contributed by atoms with Gasteiger partial charge in [0.25, 0.3) is 0 Å². The average molecular weight is 339 g/mol. The normalized spacial score (nSPS) is 16.2. The molecule has 2 aromatic rings. The Kier molecular flexibility index (Phi) is 4.74. The number of amides is 1. The SMILES string of the molecule is CC(=O)N1C[C@@H](C(=O)Oc2cccc(C(C)C)c2)Oc2ccccc21. The van der Waals surface area contributed by atoms with Crippen molar-refractivity contribution >= 4 is 17.6 Å². The Hall–Kier alpha value is -2.82. The number of benzene rings is 2. The van der Waals surface area contributed by atoms with Gasteiger partial charge in [-0.3, -0.25) is 4.79 Å². The molecular formula is C20H21NO4. The molecule has 1 aliphatic rings. The first-order chi connectivity index (χ1) is 12.0. The molecule has 0 N–H and O–H groups in total. The van der Waals surface area contributed by atoms with Crippen LogP contribution in [0.5, 0.6) is 11.5 Å². The molecule has 25 heavy (non-hydrogen) atoms. The lowest BCUT2D eigenvalue weighted by Gasteiger charge is -2.33. The summed E-state index contributed by atoms with van der Waals surface area (Å²) in [6.45, 7) is 5.76. The number of rotatable bonds is 3. The average Bonchev–Trinajstić information content (AvgIpc) is 2.60. The largest absolute Gasteiger partial charge is 0.475 e. The zero-order valence-electron chi connectivity index (χ0n) is 14.6. The smallest absolute Gasteiger partial charge is 0.354 e. The summed E-state index contributed by atoms with van der Waals surface area (Å²) < 4.78 is 11.2. The second kappa shape index (κ2) is 6.97. The molecule has 2 aromatic carbocycles. The van der Waals surface area contributed by atoms with Crippen LogP contribution in [0, 0.1) is 0 Å². The molecule has 5 nitrogen and oxygen atoms in total. The van der Waals surface area contributed by atoms with Crippen LogP contribution in [0.1, 0.15) is 32.3 Å². The maximum Gasteiger partial charge on any atom is 0.354 e. The molecule has 0 saturated heterocycles. The summed E-state index contributed by atoms with van der Waals surface area (Å²) in [6, 6.07) is 14.6. The van der Waals surface area contributed by atoms with Crippen LogP contribution < -0.4 is 14.4 Å². The molecule has 130 valence electrons. The van der Waals surface area contributed by atoms with Gasteiger partial charge in [0, 0.05) is 6.92 Å². The van der Waals surface area contributed by atoms with Gasteiger partial charge in [-0.2, -0.15) is 0 Å². The highest BCUT2D eigenvalue weighted by atomic mass is 16.6. The van der Waals surface area contributed by atoms with Crippen molar-refractivity contribution in [3.05, 3.63) is 54.1 Å². The minimum Gasteiger partial charge on any atom is -0.475 e. The highest BCUT2D eigenvalue weighted by molar-refractivity contribution is 5.95. The predicted octanol–water partition coefficient (Wildman–Crippen LogP) is 3.53. The molecule has 0 aromatic heterocycles. The third kappa shape index (κ3) is 3.65. The van der Waals surface area contributed by atoms with Gasteiger partial charge in [0.2, 0.25) is 12.0 Å². The van der Waals surface area contributed by atoms with Crippen LogP contribution in [0.3, 0.4) is 0 Å². The topological polar surface area (TPSA) is 55.8 Å². The fraction of sp³-hybridized carbons (Fsp3) is 0.300. The van der Waals surface area contributed by atoms with E-state index in [1.807, 2.05) is 24.3 Å². The van der Waals surface area contributed by atoms with Crippen molar-refractivity contribution in [1.82, 2.24) is 0 Å². The number of esters is 1. The Morgan fingerprint density at radius 2 is 1.92 bits per heavy atom. The van der Waals surface area contributed by atoms with E-state index in [0.717, 1.165) is 5.56 Å². The summed E-state index contributed by atoms with van der Waals surface area (Å²) in [5, 5.41) is 0. The number of hydrogen-bond acceptors (Lipinski definition) is 4. The molecular weight excluding hydrogens is 318 g/mol. The van der Waals surface area contributed by atoms with Crippen molar-refractivity contribution in [2.75, 3.05) is 11.4 Å². The zero-order chi connectivity index (χ0) is 18.0. The second-order valence-electron chi connectivity index (χ2n) is 6.35. The Balaban J connectivity index is 1.79. The first-order valence-electron chi connectivity index (χ1n) is 8.31. The first kappa shape index (κ1) is 17.0. The Morgan fingerprint density at radius 1 is 1.16 bits per heavy atom. The maximum absolute atomic E-state index is 12.5. The number of anilines is 1. The third-order valence-corrected chi connectivity index (χ3v) is 4.16. The van der Waals surface area contributed by atoms with E-state index in [2.05, 4.69) is 13.8 Å². The summed E-state index contributed by atoms with van der Waals surface area (Å²) in [5.41, 5.74) is 1.76. The minimum atomic E-state index is -0.860. The van der Waals surface area contributed by atoms with Crippen LogP contribution in [0.4, 0.5) is 5.69 Å². The molecule has 1 heterocycles. The van der Waals surface area contributed by atoms with Gasteiger partial charge in [0.05, 0.1) is 12.2 Å². The van der Waals surface area contributed by atoms with Gasteiger partial charge in [0.15, 0.2) is 0 Å². The summed E-state index contributed by atoms with van der Waals surface area (Å²) in [7, 11) is 0. The summed E-state index contributed by atoms with van der Waals surface area (Å²) in [6.07, 6.45) is -0.860. The molecule has 0 unspecified atom stereocenters. The van der Waals surface area contributed by atoms with Crippen molar-refractivity contribution in [3.8, 4) is 11.5 Å². The fourth-order valence-electron chi connectivity index (χ4n) is 2.77. The molecule has 0 saturated carbocycles. The molecule has 1 atom stereocenters. The van der Waals surface area contributed by atoms with Gasteiger partial charge in [-0.1, -0.05) is 38.1 Å². The molecule has 0 fully saturated rings. The van der Waals surface area contributed by atoms with Gasteiger partial charge < -0.3 is 14.4 Å². The summed E-state index contributed by atoms with van der Waals surface area (Å²) >= 11 is 0. The van der Waals surface area contributed by atoms with Gasteiger partial charge in [-0.25, -0.2) is 4.79 Å². The third-order valence-electron chi connectivity index (χ3n) is 4.16. The van der Waals surface area contributed by atoms with E-state index >= 15 is 0 Å². The van der Waals surface area contributed by atoms with Crippen LogP contribution in [0.15, 0.2) is 48.5 Å². The van der Waals surface area contributed by atoms with Gasteiger partial charge in [-0.05, 0) is 35.7 Å². The number of fused-ring (bicyclic) bond motifs is 1. The van der Waals surface area contributed by atoms with Gasteiger partial charge in [-0.15, -0.1) is 0 Å².